The number of nitrogens with zero attached hydrogens (tertiary/aromatic N) is 3. The minimum atomic E-state index is -0.659. The van der Waals surface area contributed by atoms with E-state index in [9.17, 15) is 14.3 Å². The maximum absolute atomic E-state index is 13.7. The third kappa shape index (κ3) is 2.36. The monoisotopic (exact) mass is 284 g/mol. The molecule has 0 unspecified atom stereocenters. The molecule has 0 aliphatic carbocycles. The van der Waals surface area contributed by atoms with Crippen molar-refractivity contribution in [3.05, 3.63) is 59.0 Å². The van der Waals surface area contributed by atoms with Gasteiger partial charge in [-0.25, -0.2) is 9.37 Å². The summed E-state index contributed by atoms with van der Waals surface area (Å²) in [5.41, 5.74) is -0.603. The quantitative estimate of drug-likeness (QED) is 0.747. The summed E-state index contributed by atoms with van der Waals surface area (Å²) in [6.45, 7) is 0. The summed E-state index contributed by atoms with van der Waals surface area (Å²) in [7, 11) is 0. The van der Waals surface area contributed by atoms with Gasteiger partial charge >= 0.3 is 0 Å². The smallest absolute Gasteiger partial charge is 0.263 e. The average Bonchev–Trinajstić information content (AvgIpc) is 2.49. The molecule has 0 saturated carbocycles. The van der Waals surface area contributed by atoms with E-state index in [0.717, 1.165) is 0 Å². The van der Waals surface area contributed by atoms with Crippen LogP contribution in [0.5, 0.6) is 5.88 Å². The van der Waals surface area contributed by atoms with E-state index in [4.69, 9.17) is 0 Å². The summed E-state index contributed by atoms with van der Waals surface area (Å²) in [6.07, 6.45) is 4.28. The minimum absolute atomic E-state index is 0.0190. The number of halogens is 1. The van der Waals surface area contributed by atoms with Crippen LogP contribution in [0.4, 0.5) is 4.39 Å². The van der Waals surface area contributed by atoms with Crippen LogP contribution in [0, 0.1) is 5.82 Å². The van der Waals surface area contributed by atoms with E-state index < -0.39 is 17.3 Å². The lowest BCUT2D eigenvalue weighted by Gasteiger charge is -2.06. The van der Waals surface area contributed by atoms with Crippen molar-refractivity contribution in [3.8, 4) is 28.5 Å². The summed E-state index contributed by atoms with van der Waals surface area (Å²) in [5, 5.41) is 9.97. The molecule has 0 amide bonds. The number of H-pyrrole nitrogens is 1. The molecule has 2 aromatic heterocycles. The van der Waals surface area contributed by atoms with Crippen LogP contribution in [0.2, 0.25) is 0 Å². The van der Waals surface area contributed by atoms with Crippen LogP contribution in [0.3, 0.4) is 0 Å². The van der Waals surface area contributed by atoms with Crippen LogP contribution in [0.25, 0.3) is 22.6 Å². The highest BCUT2D eigenvalue weighted by Crippen LogP contribution is 2.26. The summed E-state index contributed by atoms with van der Waals surface area (Å²) in [6, 6.07) is 5.65. The first-order valence-corrected chi connectivity index (χ1v) is 6.01. The van der Waals surface area contributed by atoms with Gasteiger partial charge in [0.05, 0.1) is 6.20 Å². The Hall–Kier alpha value is -3.09. The van der Waals surface area contributed by atoms with Gasteiger partial charge in [0.15, 0.2) is 5.82 Å². The van der Waals surface area contributed by atoms with Crippen LogP contribution >= 0.6 is 0 Å². The Morgan fingerprint density at radius 3 is 2.67 bits per heavy atom. The van der Waals surface area contributed by atoms with Gasteiger partial charge in [-0.15, -0.1) is 0 Å². The van der Waals surface area contributed by atoms with Crippen molar-refractivity contribution in [3.63, 3.8) is 0 Å². The molecule has 2 heterocycles. The zero-order valence-electron chi connectivity index (χ0n) is 10.6. The standard InChI is InChI=1S/C14H9FN4O2/c15-9-4-2-1-3-8(9)11-13(20)18-12(19-14(11)21)10-7-16-5-6-17-10/h1-7H,(H2,18,19,20,21). The van der Waals surface area contributed by atoms with Crippen LogP contribution in [0.15, 0.2) is 47.7 Å². The molecule has 0 aliphatic heterocycles. The van der Waals surface area contributed by atoms with Crippen LogP contribution < -0.4 is 5.56 Å². The number of hydrogen-bond acceptors (Lipinski definition) is 5. The van der Waals surface area contributed by atoms with Gasteiger partial charge in [0.25, 0.3) is 5.56 Å². The fourth-order valence-electron chi connectivity index (χ4n) is 1.91. The molecule has 104 valence electrons. The van der Waals surface area contributed by atoms with Gasteiger partial charge in [-0.3, -0.25) is 9.78 Å². The fourth-order valence-corrected chi connectivity index (χ4v) is 1.91. The van der Waals surface area contributed by atoms with Gasteiger partial charge in [-0.2, -0.15) is 4.98 Å². The second-order valence-electron chi connectivity index (χ2n) is 4.18. The van der Waals surface area contributed by atoms with Crippen LogP contribution in [0.1, 0.15) is 0 Å². The second-order valence-corrected chi connectivity index (χ2v) is 4.18. The molecule has 3 aromatic rings. The summed E-state index contributed by atoms with van der Waals surface area (Å²) < 4.78 is 13.7. The number of aromatic hydroxyl groups is 1. The first-order chi connectivity index (χ1) is 10.2. The van der Waals surface area contributed by atoms with Crippen molar-refractivity contribution in [1.29, 1.82) is 0 Å². The third-order valence-corrected chi connectivity index (χ3v) is 2.85. The molecule has 21 heavy (non-hydrogen) atoms. The first kappa shape index (κ1) is 12.9. The summed E-state index contributed by atoms with van der Waals surface area (Å²) >= 11 is 0. The predicted molar refractivity (Wildman–Crippen MR) is 72.9 cm³/mol. The van der Waals surface area contributed by atoms with Crippen molar-refractivity contribution in [2.24, 2.45) is 0 Å². The maximum Gasteiger partial charge on any atom is 0.263 e. The molecule has 1 aromatic carbocycles. The highest BCUT2D eigenvalue weighted by molar-refractivity contribution is 5.69. The van der Waals surface area contributed by atoms with Gasteiger partial charge < -0.3 is 10.1 Å². The number of nitrogens with one attached hydrogen (secondary N) is 1. The van der Waals surface area contributed by atoms with Crippen molar-refractivity contribution in [2.75, 3.05) is 0 Å². The van der Waals surface area contributed by atoms with Crippen molar-refractivity contribution < 1.29 is 9.50 Å². The highest BCUT2D eigenvalue weighted by Gasteiger charge is 2.17. The molecule has 0 aliphatic rings. The fraction of sp³-hybridized carbons (Fsp3) is 0. The lowest BCUT2D eigenvalue weighted by Crippen LogP contribution is -2.13. The predicted octanol–water partition coefficient (Wildman–Crippen LogP) is 1.74. The van der Waals surface area contributed by atoms with Gasteiger partial charge in [-0.05, 0) is 6.07 Å². The molecule has 0 fully saturated rings. The van der Waals surface area contributed by atoms with Crippen molar-refractivity contribution >= 4 is 0 Å². The molecule has 2 N–H and O–H groups in total. The van der Waals surface area contributed by atoms with E-state index in [1.54, 1.807) is 6.07 Å². The molecule has 0 saturated heterocycles. The van der Waals surface area contributed by atoms with Crippen LogP contribution in [-0.2, 0) is 0 Å². The molecule has 0 radical (unpaired) electrons. The number of aromatic amines is 1. The van der Waals surface area contributed by atoms with Gasteiger partial charge in [-0.1, -0.05) is 18.2 Å². The van der Waals surface area contributed by atoms with E-state index in [1.165, 1.54) is 36.8 Å². The van der Waals surface area contributed by atoms with E-state index >= 15 is 0 Å². The third-order valence-electron chi connectivity index (χ3n) is 2.85. The Labute approximate surface area is 118 Å². The molecule has 7 heteroatoms. The highest BCUT2D eigenvalue weighted by atomic mass is 19.1. The van der Waals surface area contributed by atoms with Gasteiger partial charge in [0, 0.05) is 18.0 Å². The number of hydrogen-bond donors (Lipinski definition) is 2. The second kappa shape index (κ2) is 5.12. The Morgan fingerprint density at radius 2 is 2.00 bits per heavy atom. The summed E-state index contributed by atoms with van der Waals surface area (Å²) in [5.74, 6) is -1.12. The molecule has 3 rings (SSSR count). The van der Waals surface area contributed by atoms with Crippen molar-refractivity contribution in [2.45, 2.75) is 0 Å². The molecular formula is C14H9FN4O2. The Balaban J connectivity index is 2.19. The number of rotatable bonds is 2. The van der Waals surface area contributed by atoms with Gasteiger partial charge in [0.2, 0.25) is 5.88 Å². The summed E-state index contributed by atoms with van der Waals surface area (Å²) in [4.78, 5) is 26.3. The SMILES string of the molecule is O=c1[nH]c(-c2cnccn2)nc(O)c1-c1ccccc1F. The molecule has 0 bridgehead atoms. The van der Waals surface area contributed by atoms with E-state index in [0.29, 0.717) is 5.69 Å². The van der Waals surface area contributed by atoms with Crippen molar-refractivity contribution in [1.82, 2.24) is 19.9 Å². The molecule has 0 spiro atoms. The topological polar surface area (TPSA) is 91.8 Å². The Kier molecular flexibility index (Phi) is 3.15. The van der Waals surface area contributed by atoms with Crippen LogP contribution in [-0.4, -0.2) is 25.0 Å². The number of benzene rings is 1. The van der Waals surface area contributed by atoms with E-state index in [1.807, 2.05) is 0 Å². The van der Waals surface area contributed by atoms with Gasteiger partial charge in [0.1, 0.15) is 17.1 Å². The minimum Gasteiger partial charge on any atom is -0.493 e. The molecular weight excluding hydrogens is 275 g/mol. The lowest BCUT2D eigenvalue weighted by molar-refractivity contribution is 0.453. The Morgan fingerprint density at radius 1 is 1.19 bits per heavy atom. The van der Waals surface area contributed by atoms with E-state index in [2.05, 4.69) is 19.9 Å². The Bertz CT molecular complexity index is 849. The maximum atomic E-state index is 13.7. The zero-order chi connectivity index (χ0) is 14.8. The zero-order valence-corrected chi connectivity index (χ0v) is 10.6. The average molecular weight is 284 g/mol. The normalized spacial score (nSPS) is 10.5. The first-order valence-electron chi connectivity index (χ1n) is 6.01. The molecule has 0 atom stereocenters. The lowest BCUT2D eigenvalue weighted by atomic mass is 10.1. The van der Waals surface area contributed by atoms with E-state index in [-0.39, 0.29) is 17.0 Å². The number of aromatic nitrogens is 4. The molecule has 6 nitrogen and oxygen atoms in total. The largest absolute Gasteiger partial charge is 0.493 e.